The number of halogens is 1. The number of nitrogens with one attached hydrogen (secondary N) is 2. The smallest absolute Gasteiger partial charge is 0.258 e. The van der Waals surface area contributed by atoms with Crippen LogP contribution in [0.3, 0.4) is 0 Å². The molecule has 1 aromatic heterocycles. The molecule has 158 valence electrons. The lowest BCUT2D eigenvalue weighted by Crippen LogP contribution is -2.20. The van der Waals surface area contributed by atoms with Gasteiger partial charge in [-0.15, -0.1) is 5.10 Å². The highest BCUT2D eigenvalue weighted by Gasteiger charge is 2.26. The number of anilines is 2. The van der Waals surface area contributed by atoms with Crippen molar-refractivity contribution >= 4 is 23.5 Å². The first kappa shape index (κ1) is 19.7. The van der Waals surface area contributed by atoms with Gasteiger partial charge >= 0.3 is 0 Å². The van der Waals surface area contributed by atoms with E-state index in [4.69, 9.17) is 0 Å². The van der Waals surface area contributed by atoms with E-state index in [9.17, 15) is 9.18 Å². The lowest BCUT2D eigenvalue weighted by molar-refractivity contribution is 0.102. The molecule has 1 aliphatic rings. The number of amides is 1. The van der Waals surface area contributed by atoms with E-state index in [1.807, 2.05) is 43.3 Å². The van der Waals surface area contributed by atoms with Crippen molar-refractivity contribution in [2.75, 3.05) is 10.6 Å². The molecule has 0 aliphatic carbocycles. The normalized spacial score (nSPS) is 14.8. The molecule has 1 amide bonds. The molecule has 7 heteroatoms. The zero-order valence-electron chi connectivity index (χ0n) is 17.3. The van der Waals surface area contributed by atoms with E-state index >= 15 is 0 Å². The van der Waals surface area contributed by atoms with Gasteiger partial charge in [0.2, 0.25) is 5.95 Å². The summed E-state index contributed by atoms with van der Waals surface area (Å²) in [5.41, 5.74) is 4.38. The van der Waals surface area contributed by atoms with Gasteiger partial charge in [-0.05, 0) is 48.4 Å². The SMILES string of the molecule is Cc1ccc(C2=CC(c3ccc(F)cc3)n3nc(NC(=O)c4ccccc4)nc3N2)cc1. The minimum Gasteiger partial charge on any atom is -0.324 e. The van der Waals surface area contributed by atoms with E-state index < -0.39 is 0 Å². The fourth-order valence-electron chi connectivity index (χ4n) is 3.61. The molecule has 32 heavy (non-hydrogen) atoms. The van der Waals surface area contributed by atoms with Crippen LogP contribution in [0.4, 0.5) is 16.3 Å². The van der Waals surface area contributed by atoms with Crippen LogP contribution >= 0.6 is 0 Å². The number of hydrogen-bond acceptors (Lipinski definition) is 4. The second-order valence-electron chi connectivity index (χ2n) is 7.59. The fraction of sp³-hybridized carbons (Fsp3) is 0.0800. The number of benzene rings is 3. The number of carbonyl (C=O) groups is 1. The van der Waals surface area contributed by atoms with E-state index in [0.717, 1.165) is 22.4 Å². The summed E-state index contributed by atoms with van der Waals surface area (Å²) < 4.78 is 15.2. The number of nitrogens with zero attached hydrogens (tertiary/aromatic N) is 3. The van der Waals surface area contributed by atoms with Crippen molar-refractivity contribution in [1.82, 2.24) is 14.8 Å². The number of fused-ring (bicyclic) bond motifs is 1. The Morgan fingerprint density at radius 2 is 1.72 bits per heavy atom. The van der Waals surface area contributed by atoms with Crippen molar-refractivity contribution in [3.05, 3.63) is 113 Å². The van der Waals surface area contributed by atoms with E-state index in [-0.39, 0.29) is 23.7 Å². The van der Waals surface area contributed by atoms with E-state index in [2.05, 4.69) is 20.7 Å². The minimum absolute atomic E-state index is 0.187. The Balaban J connectivity index is 1.51. The molecule has 1 aliphatic heterocycles. The second-order valence-corrected chi connectivity index (χ2v) is 7.59. The predicted octanol–water partition coefficient (Wildman–Crippen LogP) is 5.03. The number of aromatic nitrogens is 3. The van der Waals surface area contributed by atoms with Crippen molar-refractivity contribution in [3.63, 3.8) is 0 Å². The molecular weight excluding hydrogens is 405 g/mol. The van der Waals surface area contributed by atoms with Crippen molar-refractivity contribution in [3.8, 4) is 0 Å². The maximum absolute atomic E-state index is 13.5. The van der Waals surface area contributed by atoms with Gasteiger partial charge in [0.15, 0.2) is 0 Å². The molecule has 0 bridgehead atoms. The van der Waals surface area contributed by atoms with Gasteiger partial charge in [0.05, 0.1) is 0 Å². The molecule has 0 spiro atoms. The van der Waals surface area contributed by atoms with Crippen molar-refractivity contribution < 1.29 is 9.18 Å². The minimum atomic E-state index is -0.321. The Kier molecular flexibility index (Phi) is 4.99. The molecule has 6 nitrogen and oxygen atoms in total. The zero-order valence-corrected chi connectivity index (χ0v) is 17.3. The van der Waals surface area contributed by atoms with Crippen LogP contribution in [-0.2, 0) is 0 Å². The summed E-state index contributed by atoms with van der Waals surface area (Å²) in [6.45, 7) is 2.03. The first-order chi connectivity index (χ1) is 15.6. The molecule has 5 rings (SSSR count). The average Bonchev–Trinajstić information content (AvgIpc) is 3.22. The van der Waals surface area contributed by atoms with Gasteiger partial charge in [-0.25, -0.2) is 9.07 Å². The van der Waals surface area contributed by atoms with Gasteiger partial charge in [0, 0.05) is 11.3 Å². The number of hydrogen-bond donors (Lipinski definition) is 2. The highest BCUT2D eigenvalue weighted by Crippen LogP contribution is 2.33. The topological polar surface area (TPSA) is 71.8 Å². The van der Waals surface area contributed by atoms with Crippen LogP contribution in [0.5, 0.6) is 0 Å². The van der Waals surface area contributed by atoms with Crippen LogP contribution in [0.1, 0.15) is 33.1 Å². The van der Waals surface area contributed by atoms with Crippen LogP contribution in [0.15, 0.2) is 84.9 Å². The molecule has 0 radical (unpaired) electrons. The molecule has 0 saturated heterocycles. The Bertz CT molecular complexity index is 1290. The first-order valence-corrected chi connectivity index (χ1v) is 10.2. The molecule has 3 aromatic carbocycles. The number of aryl methyl sites for hydroxylation is 1. The molecule has 2 N–H and O–H groups in total. The maximum atomic E-state index is 13.5. The Hall–Kier alpha value is -4.26. The van der Waals surface area contributed by atoms with Gasteiger partial charge in [-0.2, -0.15) is 4.98 Å². The summed E-state index contributed by atoms with van der Waals surface area (Å²) in [5.74, 6) is 0.0754. The number of carbonyl (C=O) groups excluding carboxylic acids is 1. The average molecular weight is 425 g/mol. The predicted molar refractivity (Wildman–Crippen MR) is 122 cm³/mol. The van der Waals surface area contributed by atoms with Gasteiger partial charge in [-0.1, -0.05) is 60.2 Å². The van der Waals surface area contributed by atoms with Crippen molar-refractivity contribution in [2.24, 2.45) is 0 Å². The summed E-state index contributed by atoms with van der Waals surface area (Å²) in [7, 11) is 0. The molecule has 2 heterocycles. The second kappa shape index (κ2) is 8.11. The first-order valence-electron chi connectivity index (χ1n) is 10.2. The third-order valence-corrected chi connectivity index (χ3v) is 5.30. The monoisotopic (exact) mass is 425 g/mol. The molecule has 4 aromatic rings. The van der Waals surface area contributed by atoms with Gasteiger partial charge in [0.25, 0.3) is 11.9 Å². The van der Waals surface area contributed by atoms with Crippen LogP contribution in [0, 0.1) is 12.7 Å². The summed E-state index contributed by atoms with van der Waals surface area (Å²) in [6.07, 6.45) is 2.02. The molecule has 0 saturated carbocycles. The van der Waals surface area contributed by atoms with Crippen LogP contribution in [-0.4, -0.2) is 20.7 Å². The fourth-order valence-corrected chi connectivity index (χ4v) is 3.61. The lowest BCUT2D eigenvalue weighted by Gasteiger charge is -2.24. The lowest BCUT2D eigenvalue weighted by atomic mass is 10.0. The standard InChI is InChI=1S/C25H20FN5O/c1-16-7-9-17(10-8-16)21-15-22(18-11-13-20(26)14-12-18)31-25(27-21)29-24(30-31)28-23(32)19-5-3-2-4-6-19/h2-15,22H,1H3,(H2,27,28,29,30,32). The summed E-state index contributed by atoms with van der Waals surface area (Å²) in [6, 6.07) is 23.0. The summed E-state index contributed by atoms with van der Waals surface area (Å²) in [4.78, 5) is 17.1. The van der Waals surface area contributed by atoms with Crippen LogP contribution in [0.25, 0.3) is 5.70 Å². The van der Waals surface area contributed by atoms with Crippen molar-refractivity contribution in [2.45, 2.75) is 13.0 Å². The van der Waals surface area contributed by atoms with E-state index in [1.54, 1.807) is 41.1 Å². The summed E-state index contributed by atoms with van der Waals surface area (Å²) >= 11 is 0. The van der Waals surface area contributed by atoms with E-state index in [1.165, 1.54) is 12.1 Å². The molecule has 1 atom stereocenters. The molecule has 0 fully saturated rings. The summed E-state index contributed by atoms with van der Waals surface area (Å²) in [5, 5.41) is 10.6. The number of allylic oxidation sites excluding steroid dienone is 1. The number of rotatable bonds is 4. The highest BCUT2D eigenvalue weighted by atomic mass is 19.1. The maximum Gasteiger partial charge on any atom is 0.258 e. The molecule has 1 unspecified atom stereocenters. The highest BCUT2D eigenvalue weighted by molar-refractivity contribution is 6.03. The van der Waals surface area contributed by atoms with Gasteiger partial charge in [-0.3, -0.25) is 10.1 Å². The van der Waals surface area contributed by atoms with Crippen LogP contribution in [0.2, 0.25) is 0 Å². The van der Waals surface area contributed by atoms with Crippen LogP contribution < -0.4 is 10.6 Å². The van der Waals surface area contributed by atoms with Gasteiger partial charge in [0.1, 0.15) is 11.9 Å². The Morgan fingerprint density at radius 3 is 2.44 bits per heavy atom. The Labute approximate surface area is 184 Å². The third kappa shape index (κ3) is 3.88. The van der Waals surface area contributed by atoms with Crippen molar-refractivity contribution in [1.29, 1.82) is 0 Å². The largest absolute Gasteiger partial charge is 0.324 e. The van der Waals surface area contributed by atoms with Gasteiger partial charge < -0.3 is 5.32 Å². The van der Waals surface area contributed by atoms with E-state index in [0.29, 0.717) is 11.5 Å². The Morgan fingerprint density at radius 1 is 1.00 bits per heavy atom. The third-order valence-electron chi connectivity index (χ3n) is 5.30. The zero-order chi connectivity index (χ0) is 22.1. The quantitative estimate of drug-likeness (QED) is 0.481. The molecular formula is C25H20FN5O.